The maximum Gasteiger partial charge on any atom is 0.298 e. The summed E-state index contributed by atoms with van der Waals surface area (Å²) in [5, 5.41) is 6.89. The molecule has 2 atom stereocenters. The lowest BCUT2D eigenvalue weighted by molar-refractivity contribution is 0.520. The molecule has 0 radical (unpaired) electrons. The molecule has 1 saturated heterocycles. The Balaban J connectivity index is 1.31. The Labute approximate surface area is 228 Å². The standard InChI is InChI=1S/C28H35FN6O3S/c1-33(2)39(37,38)24-11-9-23(10-12-24)35-19-22(32-27(28(35)36)34-16-14-30-15-17-34)4-3-13-31-26-18-25(26)20-5-7-21(29)8-6-20/h5-12,19,25-26,30-31H,3-4,13-18H2,1-2H3/t25-,26+/m0/s1. The molecule has 11 heteroatoms. The van der Waals surface area contributed by atoms with Gasteiger partial charge in [-0.3, -0.25) is 9.36 Å². The van der Waals surface area contributed by atoms with Crippen LogP contribution in [0.4, 0.5) is 10.2 Å². The van der Waals surface area contributed by atoms with Crippen LogP contribution in [-0.4, -0.2) is 75.1 Å². The van der Waals surface area contributed by atoms with Gasteiger partial charge in [0.1, 0.15) is 5.82 Å². The Hall–Kier alpha value is -3.12. The molecule has 5 rings (SSSR count). The van der Waals surface area contributed by atoms with Crippen LogP contribution in [0.2, 0.25) is 0 Å². The fourth-order valence-electron chi connectivity index (χ4n) is 4.97. The molecular weight excluding hydrogens is 519 g/mol. The SMILES string of the molecule is CN(C)S(=O)(=O)c1ccc(-n2cc(CCCN[C@@H]3C[C@H]3c3ccc(F)cc3)nc(N3CCNCC3)c2=O)cc1. The highest BCUT2D eigenvalue weighted by Gasteiger charge is 2.37. The van der Waals surface area contributed by atoms with Crippen molar-refractivity contribution in [2.75, 3.05) is 51.7 Å². The summed E-state index contributed by atoms with van der Waals surface area (Å²) in [5.41, 5.74) is 2.34. The average Bonchev–Trinajstić information content (AvgIpc) is 3.72. The number of anilines is 1. The van der Waals surface area contributed by atoms with Gasteiger partial charge >= 0.3 is 0 Å². The van der Waals surface area contributed by atoms with Crippen LogP contribution in [-0.2, 0) is 16.4 Å². The predicted molar refractivity (Wildman–Crippen MR) is 150 cm³/mol. The Morgan fingerprint density at radius 3 is 2.44 bits per heavy atom. The molecule has 0 unspecified atom stereocenters. The summed E-state index contributed by atoms with van der Waals surface area (Å²) in [6.45, 7) is 3.76. The molecule has 3 aromatic rings. The summed E-state index contributed by atoms with van der Waals surface area (Å²) in [6, 6.07) is 13.5. The first-order valence-corrected chi connectivity index (χ1v) is 14.8. The van der Waals surface area contributed by atoms with Gasteiger partial charge in [-0.05, 0) is 67.8 Å². The molecule has 9 nitrogen and oxygen atoms in total. The first kappa shape index (κ1) is 27.4. The van der Waals surface area contributed by atoms with E-state index < -0.39 is 10.0 Å². The van der Waals surface area contributed by atoms with E-state index in [4.69, 9.17) is 4.98 Å². The van der Waals surface area contributed by atoms with Crippen LogP contribution >= 0.6 is 0 Å². The second-order valence-electron chi connectivity index (χ2n) is 10.3. The monoisotopic (exact) mass is 554 g/mol. The van der Waals surface area contributed by atoms with Gasteiger partial charge in [-0.25, -0.2) is 22.1 Å². The number of piperazine rings is 1. The molecule has 1 saturated carbocycles. The fraction of sp³-hybridized carbons (Fsp3) is 0.429. The molecule has 1 aromatic heterocycles. The molecular formula is C28H35FN6O3S. The minimum absolute atomic E-state index is 0.172. The maximum atomic E-state index is 13.5. The summed E-state index contributed by atoms with van der Waals surface area (Å²) in [4.78, 5) is 20.5. The maximum absolute atomic E-state index is 13.5. The van der Waals surface area contributed by atoms with Crippen molar-refractivity contribution in [1.29, 1.82) is 0 Å². The third kappa shape index (κ3) is 6.22. The van der Waals surface area contributed by atoms with Crippen molar-refractivity contribution in [2.24, 2.45) is 0 Å². The van der Waals surface area contributed by atoms with Gasteiger partial charge in [0.05, 0.1) is 10.6 Å². The number of hydrogen-bond donors (Lipinski definition) is 2. The van der Waals surface area contributed by atoms with Crippen molar-refractivity contribution in [1.82, 2.24) is 24.5 Å². The van der Waals surface area contributed by atoms with Crippen molar-refractivity contribution < 1.29 is 12.8 Å². The largest absolute Gasteiger partial charge is 0.349 e. The van der Waals surface area contributed by atoms with E-state index in [1.54, 1.807) is 22.9 Å². The molecule has 0 amide bonds. The van der Waals surface area contributed by atoms with E-state index >= 15 is 0 Å². The van der Waals surface area contributed by atoms with Crippen molar-refractivity contribution >= 4 is 15.8 Å². The van der Waals surface area contributed by atoms with E-state index in [1.165, 1.54) is 42.7 Å². The summed E-state index contributed by atoms with van der Waals surface area (Å²) in [7, 11) is -0.586. The summed E-state index contributed by atoms with van der Waals surface area (Å²) >= 11 is 0. The number of aryl methyl sites for hydroxylation is 1. The molecule has 1 aliphatic carbocycles. The highest BCUT2D eigenvalue weighted by Crippen LogP contribution is 2.40. The number of nitrogens with zero attached hydrogens (tertiary/aromatic N) is 4. The molecule has 0 spiro atoms. The fourth-order valence-corrected chi connectivity index (χ4v) is 5.87. The normalized spacial score (nSPS) is 19.4. The van der Waals surface area contributed by atoms with Crippen molar-refractivity contribution in [3.8, 4) is 5.69 Å². The predicted octanol–water partition coefficient (Wildman–Crippen LogP) is 2.11. The molecule has 208 valence electrons. The summed E-state index contributed by atoms with van der Waals surface area (Å²) in [6.07, 6.45) is 4.34. The zero-order valence-corrected chi connectivity index (χ0v) is 23.1. The third-order valence-corrected chi connectivity index (χ3v) is 9.18. The Morgan fingerprint density at radius 2 is 1.77 bits per heavy atom. The molecule has 2 N–H and O–H groups in total. The number of aromatic nitrogens is 2. The topological polar surface area (TPSA) is 99.6 Å². The average molecular weight is 555 g/mol. The molecule has 2 heterocycles. The molecule has 0 bridgehead atoms. The van der Waals surface area contributed by atoms with Gasteiger partial charge in [-0.15, -0.1) is 0 Å². The third-order valence-electron chi connectivity index (χ3n) is 7.35. The molecule has 2 aromatic carbocycles. The number of halogens is 1. The van der Waals surface area contributed by atoms with Crippen molar-refractivity contribution in [3.05, 3.63) is 82.2 Å². The number of nitrogens with one attached hydrogen (secondary N) is 2. The second-order valence-corrected chi connectivity index (χ2v) is 12.5. The highest BCUT2D eigenvalue weighted by atomic mass is 32.2. The van der Waals surface area contributed by atoms with Crippen LogP contribution in [0.3, 0.4) is 0 Å². The molecule has 1 aliphatic heterocycles. The Morgan fingerprint density at radius 1 is 1.08 bits per heavy atom. The summed E-state index contributed by atoms with van der Waals surface area (Å²) < 4.78 is 40.9. The van der Waals surface area contributed by atoms with Gasteiger partial charge < -0.3 is 15.5 Å². The Bertz CT molecular complexity index is 1450. The number of hydrogen-bond acceptors (Lipinski definition) is 7. The molecule has 2 aliphatic rings. The number of benzene rings is 2. The van der Waals surface area contributed by atoms with Gasteiger partial charge in [0.25, 0.3) is 5.56 Å². The number of rotatable bonds is 10. The van der Waals surface area contributed by atoms with Crippen LogP contribution in [0, 0.1) is 5.82 Å². The minimum atomic E-state index is -3.57. The van der Waals surface area contributed by atoms with Crippen LogP contribution in [0.1, 0.15) is 30.0 Å². The van der Waals surface area contributed by atoms with Crippen LogP contribution in [0.5, 0.6) is 0 Å². The lowest BCUT2D eigenvalue weighted by atomic mass is 10.1. The smallest absolute Gasteiger partial charge is 0.298 e. The van der Waals surface area contributed by atoms with Gasteiger partial charge in [0, 0.05) is 64.1 Å². The van der Waals surface area contributed by atoms with Gasteiger partial charge in [0.15, 0.2) is 5.82 Å². The van der Waals surface area contributed by atoms with E-state index in [1.807, 2.05) is 17.0 Å². The molecule has 2 fully saturated rings. The van der Waals surface area contributed by atoms with Crippen LogP contribution in [0.15, 0.2) is 64.4 Å². The zero-order valence-electron chi connectivity index (χ0n) is 22.3. The van der Waals surface area contributed by atoms with E-state index in [0.717, 1.165) is 43.7 Å². The highest BCUT2D eigenvalue weighted by molar-refractivity contribution is 7.89. The summed E-state index contributed by atoms with van der Waals surface area (Å²) in [5.74, 6) is 0.627. The van der Waals surface area contributed by atoms with Crippen molar-refractivity contribution in [3.63, 3.8) is 0 Å². The first-order chi connectivity index (χ1) is 18.7. The van der Waals surface area contributed by atoms with Gasteiger partial charge in [-0.1, -0.05) is 12.1 Å². The van der Waals surface area contributed by atoms with E-state index in [-0.39, 0.29) is 16.3 Å². The van der Waals surface area contributed by atoms with Gasteiger partial charge in [-0.2, -0.15) is 0 Å². The minimum Gasteiger partial charge on any atom is -0.349 e. The zero-order chi connectivity index (χ0) is 27.6. The van der Waals surface area contributed by atoms with E-state index in [0.29, 0.717) is 43.0 Å². The van der Waals surface area contributed by atoms with Gasteiger partial charge in [0.2, 0.25) is 10.0 Å². The quantitative estimate of drug-likeness (QED) is 0.371. The Kier molecular flexibility index (Phi) is 8.13. The lowest BCUT2D eigenvalue weighted by Crippen LogP contribution is -2.46. The van der Waals surface area contributed by atoms with Crippen LogP contribution in [0.25, 0.3) is 5.69 Å². The number of sulfonamides is 1. The van der Waals surface area contributed by atoms with Crippen molar-refractivity contribution in [2.45, 2.75) is 36.1 Å². The van der Waals surface area contributed by atoms with E-state index in [9.17, 15) is 17.6 Å². The van der Waals surface area contributed by atoms with E-state index in [2.05, 4.69) is 10.6 Å². The van der Waals surface area contributed by atoms with Crippen LogP contribution < -0.4 is 21.1 Å². The first-order valence-electron chi connectivity index (χ1n) is 13.3. The lowest BCUT2D eigenvalue weighted by Gasteiger charge is -2.28. The molecule has 39 heavy (non-hydrogen) atoms. The second kappa shape index (κ2) is 11.5.